The number of rotatable bonds is 6. The quantitative estimate of drug-likeness (QED) is 0.679. The monoisotopic (exact) mass is 388 g/mol. The Morgan fingerprint density at radius 3 is 2.73 bits per heavy atom. The molecular weight excluding hydrogens is 372 g/mol. The van der Waals surface area contributed by atoms with Gasteiger partial charge < -0.3 is 10.6 Å². The maximum atomic E-state index is 12.3. The molecule has 3 rings (SSSR count). The van der Waals surface area contributed by atoms with E-state index >= 15 is 0 Å². The number of hydrogen-bond donors (Lipinski definition) is 2. The number of aryl methyl sites for hydroxylation is 1. The topological polar surface area (TPSA) is 76.0 Å². The van der Waals surface area contributed by atoms with Crippen molar-refractivity contribution in [2.45, 2.75) is 6.42 Å². The molecule has 0 fully saturated rings. The first-order chi connectivity index (χ1) is 12.5. The van der Waals surface area contributed by atoms with E-state index < -0.39 is 0 Å². The second kappa shape index (κ2) is 8.16. The van der Waals surface area contributed by atoms with E-state index in [1.165, 1.54) is 15.6 Å². The van der Waals surface area contributed by atoms with Gasteiger partial charge in [-0.05, 0) is 30.0 Å². The molecule has 3 aromatic rings. The molecule has 8 heteroatoms. The lowest BCUT2D eigenvalue weighted by Gasteiger charge is -2.06. The second-order valence-corrected chi connectivity index (χ2v) is 7.00. The standard InChI is InChI=1S/C18H17ClN4O2S/c1-23-16(21-17(24)13-6-2-3-7-14(13)19)11-15(22-23)18(25)20-9-8-12-5-4-10-26-12/h2-7,10-11H,8-9H2,1H3,(H,20,25)(H,21,24). The van der Waals surface area contributed by atoms with Gasteiger partial charge in [0.2, 0.25) is 0 Å². The number of hydrogen-bond acceptors (Lipinski definition) is 4. The van der Waals surface area contributed by atoms with Crippen molar-refractivity contribution in [1.29, 1.82) is 0 Å². The largest absolute Gasteiger partial charge is 0.350 e. The van der Waals surface area contributed by atoms with E-state index in [1.807, 2.05) is 17.5 Å². The molecule has 26 heavy (non-hydrogen) atoms. The van der Waals surface area contributed by atoms with Crippen LogP contribution in [0.4, 0.5) is 5.82 Å². The predicted octanol–water partition coefficient (Wildman–Crippen LogP) is 3.36. The van der Waals surface area contributed by atoms with E-state index in [0.717, 1.165) is 6.42 Å². The Morgan fingerprint density at radius 1 is 1.19 bits per heavy atom. The third-order valence-corrected chi connectivity index (χ3v) is 4.98. The fourth-order valence-electron chi connectivity index (χ4n) is 2.37. The van der Waals surface area contributed by atoms with Crippen LogP contribution in [0.1, 0.15) is 25.7 Å². The van der Waals surface area contributed by atoms with Crippen molar-refractivity contribution >= 4 is 40.6 Å². The van der Waals surface area contributed by atoms with Crippen molar-refractivity contribution in [3.05, 3.63) is 69.0 Å². The summed E-state index contributed by atoms with van der Waals surface area (Å²) in [6.45, 7) is 0.525. The van der Waals surface area contributed by atoms with Crippen LogP contribution in [0, 0.1) is 0 Å². The molecular formula is C18H17ClN4O2S. The number of anilines is 1. The fourth-order valence-corrected chi connectivity index (χ4v) is 3.30. The van der Waals surface area contributed by atoms with Crippen LogP contribution in [-0.4, -0.2) is 28.1 Å². The molecule has 2 N–H and O–H groups in total. The normalized spacial score (nSPS) is 10.5. The Balaban J connectivity index is 1.62. The number of thiophene rings is 1. The van der Waals surface area contributed by atoms with Crippen LogP contribution in [0.15, 0.2) is 47.8 Å². The van der Waals surface area contributed by atoms with Crippen molar-refractivity contribution in [3.63, 3.8) is 0 Å². The molecule has 2 heterocycles. The number of nitrogens with one attached hydrogen (secondary N) is 2. The smallest absolute Gasteiger partial charge is 0.271 e. The second-order valence-electron chi connectivity index (χ2n) is 5.56. The summed E-state index contributed by atoms with van der Waals surface area (Å²) in [6, 6.07) is 12.3. The molecule has 134 valence electrons. The summed E-state index contributed by atoms with van der Waals surface area (Å²) in [7, 11) is 1.66. The molecule has 0 aliphatic carbocycles. The number of aromatic nitrogens is 2. The number of benzene rings is 1. The molecule has 0 spiro atoms. The summed E-state index contributed by atoms with van der Waals surface area (Å²) < 4.78 is 1.45. The van der Waals surface area contributed by atoms with Gasteiger partial charge in [-0.15, -0.1) is 11.3 Å². The average Bonchev–Trinajstić information content (AvgIpc) is 3.25. The van der Waals surface area contributed by atoms with Crippen molar-refractivity contribution in [2.24, 2.45) is 7.05 Å². The highest BCUT2D eigenvalue weighted by Crippen LogP contribution is 2.17. The Hall–Kier alpha value is -2.64. The van der Waals surface area contributed by atoms with Crippen LogP contribution in [0.2, 0.25) is 5.02 Å². The number of nitrogens with zero attached hydrogens (tertiary/aromatic N) is 2. The molecule has 0 saturated heterocycles. The average molecular weight is 389 g/mol. The van der Waals surface area contributed by atoms with Gasteiger partial charge in [-0.2, -0.15) is 5.10 Å². The highest BCUT2D eigenvalue weighted by Gasteiger charge is 2.16. The predicted molar refractivity (Wildman–Crippen MR) is 103 cm³/mol. The van der Waals surface area contributed by atoms with Gasteiger partial charge in [-0.25, -0.2) is 0 Å². The lowest BCUT2D eigenvalue weighted by Crippen LogP contribution is -2.26. The molecule has 0 radical (unpaired) electrons. The zero-order valence-electron chi connectivity index (χ0n) is 14.0. The van der Waals surface area contributed by atoms with Crippen LogP contribution in [0.5, 0.6) is 0 Å². The maximum Gasteiger partial charge on any atom is 0.271 e. The number of carbonyl (C=O) groups is 2. The van der Waals surface area contributed by atoms with Crippen molar-refractivity contribution in [1.82, 2.24) is 15.1 Å². The molecule has 0 bridgehead atoms. The molecule has 0 saturated carbocycles. The highest BCUT2D eigenvalue weighted by atomic mass is 35.5. The van der Waals surface area contributed by atoms with Crippen LogP contribution in [0.25, 0.3) is 0 Å². The summed E-state index contributed by atoms with van der Waals surface area (Å²) in [4.78, 5) is 25.8. The van der Waals surface area contributed by atoms with E-state index in [0.29, 0.717) is 22.9 Å². The minimum atomic E-state index is -0.358. The summed E-state index contributed by atoms with van der Waals surface area (Å²) in [5, 5.41) is 12.1. The number of carbonyl (C=O) groups excluding carboxylic acids is 2. The zero-order chi connectivity index (χ0) is 18.5. The summed E-state index contributed by atoms with van der Waals surface area (Å²) >= 11 is 7.69. The first kappa shape index (κ1) is 18.2. The van der Waals surface area contributed by atoms with Crippen molar-refractivity contribution < 1.29 is 9.59 Å². The molecule has 0 atom stereocenters. The summed E-state index contributed by atoms with van der Waals surface area (Å²) in [6.07, 6.45) is 0.770. The van der Waals surface area contributed by atoms with Gasteiger partial charge in [-0.3, -0.25) is 14.3 Å². The van der Waals surface area contributed by atoms with Gasteiger partial charge in [0, 0.05) is 24.5 Å². The molecule has 6 nitrogen and oxygen atoms in total. The van der Waals surface area contributed by atoms with Crippen LogP contribution < -0.4 is 10.6 Å². The van der Waals surface area contributed by atoms with Crippen LogP contribution in [0.3, 0.4) is 0 Å². The van der Waals surface area contributed by atoms with Gasteiger partial charge >= 0.3 is 0 Å². The highest BCUT2D eigenvalue weighted by molar-refractivity contribution is 7.09. The number of halogens is 1. The Morgan fingerprint density at radius 2 is 2.00 bits per heavy atom. The van der Waals surface area contributed by atoms with Gasteiger partial charge in [0.1, 0.15) is 5.82 Å². The third-order valence-electron chi connectivity index (χ3n) is 3.71. The molecule has 0 aliphatic rings. The van der Waals surface area contributed by atoms with Gasteiger partial charge in [-0.1, -0.05) is 29.8 Å². The van der Waals surface area contributed by atoms with E-state index in [1.54, 1.807) is 42.6 Å². The lowest BCUT2D eigenvalue weighted by molar-refractivity contribution is 0.0947. The molecule has 2 amide bonds. The Kier molecular flexibility index (Phi) is 5.70. The fraction of sp³-hybridized carbons (Fsp3) is 0.167. The SMILES string of the molecule is Cn1nc(C(=O)NCCc2cccs2)cc1NC(=O)c1ccccc1Cl. The molecule has 1 aromatic carbocycles. The van der Waals surface area contributed by atoms with Crippen LogP contribution >= 0.6 is 22.9 Å². The molecule has 0 unspecified atom stereocenters. The van der Waals surface area contributed by atoms with Crippen molar-refractivity contribution in [2.75, 3.05) is 11.9 Å². The van der Waals surface area contributed by atoms with E-state index in [-0.39, 0.29) is 17.5 Å². The van der Waals surface area contributed by atoms with E-state index in [2.05, 4.69) is 15.7 Å². The molecule has 0 aliphatic heterocycles. The van der Waals surface area contributed by atoms with E-state index in [9.17, 15) is 9.59 Å². The first-order valence-corrected chi connectivity index (χ1v) is 9.21. The summed E-state index contributed by atoms with van der Waals surface area (Å²) in [5.41, 5.74) is 0.602. The first-order valence-electron chi connectivity index (χ1n) is 7.95. The summed E-state index contributed by atoms with van der Waals surface area (Å²) in [5.74, 6) is -0.225. The van der Waals surface area contributed by atoms with Gasteiger partial charge in [0.15, 0.2) is 5.69 Å². The maximum absolute atomic E-state index is 12.3. The number of amides is 2. The van der Waals surface area contributed by atoms with Crippen LogP contribution in [-0.2, 0) is 13.5 Å². The van der Waals surface area contributed by atoms with Crippen molar-refractivity contribution in [3.8, 4) is 0 Å². The Bertz CT molecular complexity index is 921. The third kappa shape index (κ3) is 4.30. The van der Waals surface area contributed by atoms with Gasteiger partial charge in [0.05, 0.1) is 10.6 Å². The Labute approximate surface area is 159 Å². The molecule has 2 aromatic heterocycles. The lowest BCUT2D eigenvalue weighted by atomic mass is 10.2. The zero-order valence-corrected chi connectivity index (χ0v) is 15.6. The minimum Gasteiger partial charge on any atom is -0.350 e. The van der Waals surface area contributed by atoms with Gasteiger partial charge in [0.25, 0.3) is 11.8 Å². The minimum absolute atomic E-state index is 0.244. The van der Waals surface area contributed by atoms with E-state index in [4.69, 9.17) is 11.6 Å².